The van der Waals surface area contributed by atoms with Gasteiger partial charge in [0.2, 0.25) is 5.91 Å². The van der Waals surface area contributed by atoms with Crippen molar-refractivity contribution in [3.8, 4) is 0 Å². The van der Waals surface area contributed by atoms with Crippen LogP contribution < -0.4 is 5.32 Å². The van der Waals surface area contributed by atoms with E-state index in [0.29, 0.717) is 25.6 Å². The first-order valence-corrected chi connectivity index (χ1v) is 8.11. The van der Waals surface area contributed by atoms with Gasteiger partial charge in [0.25, 0.3) is 0 Å². The molecule has 2 heterocycles. The topological polar surface area (TPSA) is 65.0 Å². The number of aliphatic hydroxyl groups is 1. The lowest BCUT2D eigenvalue weighted by Gasteiger charge is -2.42. The van der Waals surface area contributed by atoms with Gasteiger partial charge in [-0.15, -0.1) is 24.8 Å². The van der Waals surface area contributed by atoms with Crippen LogP contribution in [-0.2, 0) is 9.53 Å². The highest BCUT2D eigenvalue weighted by molar-refractivity contribution is 5.85. The van der Waals surface area contributed by atoms with Crippen LogP contribution in [0.3, 0.4) is 0 Å². The Hall–Kier alpha value is -0.110. The standard InChI is InChI=1S/C15H29N3O3.2ClH/c1-3-14-10-18(6-5-17(14)9-12(2)19)15(20)8-13-11-21-7-4-16-13;;/h12-14,16,19H,3-11H2,1-2H3;2*1H. The smallest absolute Gasteiger partial charge is 0.224 e. The number of halogens is 2. The summed E-state index contributed by atoms with van der Waals surface area (Å²) in [5, 5.41) is 12.9. The number of hydrogen-bond acceptors (Lipinski definition) is 5. The fourth-order valence-electron chi connectivity index (χ4n) is 3.18. The van der Waals surface area contributed by atoms with E-state index in [9.17, 15) is 9.90 Å². The Balaban J connectivity index is 0.00000242. The Morgan fingerprint density at radius 1 is 1.39 bits per heavy atom. The van der Waals surface area contributed by atoms with E-state index in [-0.39, 0.29) is 42.9 Å². The van der Waals surface area contributed by atoms with Crippen molar-refractivity contribution in [2.45, 2.75) is 44.9 Å². The zero-order valence-corrected chi connectivity index (χ0v) is 15.7. The van der Waals surface area contributed by atoms with Gasteiger partial charge in [-0.2, -0.15) is 0 Å². The molecule has 2 fully saturated rings. The van der Waals surface area contributed by atoms with Crippen LogP contribution in [0.2, 0.25) is 0 Å². The number of nitrogens with one attached hydrogen (secondary N) is 1. The summed E-state index contributed by atoms with van der Waals surface area (Å²) in [5.74, 6) is 0.216. The molecule has 2 aliphatic heterocycles. The molecule has 0 saturated carbocycles. The number of carbonyl (C=O) groups is 1. The quantitative estimate of drug-likeness (QED) is 0.737. The third-order valence-electron chi connectivity index (χ3n) is 4.35. The Bertz CT molecular complexity index is 342. The van der Waals surface area contributed by atoms with Gasteiger partial charge in [0.05, 0.1) is 19.3 Å². The number of rotatable bonds is 5. The first-order valence-electron chi connectivity index (χ1n) is 8.11. The number of carbonyl (C=O) groups excluding carboxylic acids is 1. The van der Waals surface area contributed by atoms with Crippen LogP contribution in [0, 0.1) is 0 Å². The lowest BCUT2D eigenvalue weighted by molar-refractivity contribution is -0.135. The van der Waals surface area contributed by atoms with Gasteiger partial charge in [-0.05, 0) is 13.3 Å². The monoisotopic (exact) mass is 371 g/mol. The van der Waals surface area contributed by atoms with Crippen molar-refractivity contribution in [1.29, 1.82) is 0 Å². The van der Waals surface area contributed by atoms with Crippen LogP contribution in [0.5, 0.6) is 0 Å². The molecule has 23 heavy (non-hydrogen) atoms. The van der Waals surface area contributed by atoms with Crippen molar-refractivity contribution in [2.75, 3.05) is 45.9 Å². The average molecular weight is 372 g/mol. The van der Waals surface area contributed by atoms with E-state index in [4.69, 9.17) is 4.74 Å². The first kappa shape index (κ1) is 22.9. The number of aliphatic hydroxyl groups excluding tert-OH is 1. The summed E-state index contributed by atoms with van der Waals surface area (Å²) in [6.07, 6.45) is 1.21. The molecule has 0 aliphatic carbocycles. The molecule has 2 rings (SSSR count). The van der Waals surface area contributed by atoms with Gasteiger partial charge in [0, 0.05) is 51.2 Å². The van der Waals surface area contributed by atoms with Gasteiger partial charge in [-0.25, -0.2) is 0 Å². The Kier molecular flexibility index (Phi) is 11.4. The van der Waals surface area contributed by atoms with Crippen molar-refractivity contribution >= 4 is 30.7 Å². The molecule has 2 N–H and O–H groups in total. The van der Waals surface area contributed by atoms with Gasteiger partial charge >= 0.3 is 0 Å². The number of nitrogens with zero attached hydrogens (tertiary/aromatic N) is 2. The van der Waals surface area contributed by atoms with E-state index >= 15 is 0 Å². The summed E-state index contributed by atoms with van der Waals surface area (Å²) in [5.41, 5.74) is 0. The lowest BCUT2D eigenvalue weighted by Crippen LogP contribution is -2.56. The van der Waals surface area contributed by atoms with Crippen molar-refractivity contribution < 1.29 is 14.6 Å². The summed E-state index contributed by atoms with van der Waals surface area (Å²) in [6.45, 7) is 9.24. The van der Waals surface area contributed by atoms with Crippen molar-refractivity contribution in [3.63, 3.8) is 0 Å². The van der Waals surface area contributed by atoms with Crippen LogP contribution in [0.4, 0.5) is 0 Å². The van der Waals surface area contributed by atoms with Gasteiger partial charge in [-0.1, -0.05) is 6.92 Å². The molecule has 0 spiro atoms. The predicted octanol–water partition coefficient (Wildman–Crippen LogP) is 0.512. The van der Waals surface area contributed by atoms with Gasteiger partial charge in [0.15, 0.2) is 0 Å². The van der Waals surface area contributed by atoms with E-state index in [1.807, 2.05) is 11.8 Å². The normalized spacial score (nSPS) is 26.8. The van der Waals surface area contributed by atoms with Crippen LogP contribution in [0.1, 0.15) is 26.7 Å². The second kappa shape index (κ2) is 11.4. The van der Waals surface area contributed by atoms with Gasteiger partial charge < -0.3 is 20.1 Å². The number of piperazine rings is 1. The number of β-amino-alcohol motifs (C(OH)–C–C–N with tert-alkyl or cyclic N) is 1. The molecule has 3 atom stereocenters. The molecule has 3 unspecified atom stereocenters. The third kappa shape index (κ3) is 7.11. The summed E-state index contributed by atoms with van der Waals surface area (Å²) >= 11 is 0. The summed E-state index contributed by atoms with van der Waals surface area (Å²) < 4.78 is 5.40. The van der Waals surface area contributed by atoms with Crippen LogP contribution in [-0.4, -0.2) is 84.9 Å². The number of amides is 1. The molecule has 1 amide bonds. The molecule has 0 aromatic carbocycles. The molecule has 6 nitrogen and oxygen atoms in total. The molecule has 0 radical (unpaired) electrons. The third-order valence-corrected chi connectivity index (χ3v) is 4.35. The predicted molar refractivity (Wildman–Crippen MR) is 95.6 cm³/mol. The zero-order chi connectivity index (χ0) is 15.2. The summed E-state index contributed by atoms with van der Waals surface area (Å²) in [6, 6.07) is 0.509. The summed E-state index contributed by atoms with van der Waals surface area (Å²) in [7, 11) is 0. The molecule has 138 valence electrons. The minimum atomic E-state index is -0.315. The molecular weight excluding hydrogens is 341 g/mol. The molecule has 0 bridgehead atoms. The van der Waals surface area contributed by atoms with E-state index in [1.165, 1.54) is 0 Å². The zero-order valence-electron chi connectivity index (χ0n) is 14.1. The van der Waals surface area contributed by atoms with E-state index in [2.05, 4.69) is 17.1 Å². The van der Waals surface area contributed by atoms with Crippen molar-refractivity contribution in [1.82, 2.24) is 15.1 Å². The molecule has 0 aromatic rings. The Morgan fingerprint density at radius 2 is 2.13 bits per heavy atom. The van der Waals surface area contributed by atoms with E-state index in [0.717, 1.165) is 39.2 Å². The Morgan fingerprint density at radius 3 is 2.70 bits per heavy atom. The van der Waals surface area contributed by atoms with E-state index in [1.54, 1.807) is 0 Å². The van der Waals surface area contributed by atoms with Crippen LogP contribution in [0.25, 0.3) is 0 Å². The van der Waals surface area contributed by atoms with Crippen molar-refractivity contribution in [2.24, 2.45) is 0 Å². The number of ether oxygens (including phenoxy) is 1. The minimum Gasteiger partial charge on any atom is -0.392 e. The highest BCUT2D eigenvalue weighted by atomic mass is 35.5. The second-order valence-corrected chi connectivity index (χ2v) is 6.18. The second-order valence-electron chi connectivity index (χ2n) is 6.18. The molecule has 2 aliphatic rings. The van der Waals surface area contributed by atoms with Crippen LogP contribution in [0.15, 0.2) is 0 Å². The molecule has 0 aromatic heterocycles. The maximum absolute atomic E-state index is 12.4. The Labute approximate surface area is 151 Å². The fourth-order valence-corrected chi connectivity index (χ4v) is 3.18. The summed E-state index contributed by atoms with van der Waals surface area (Å²) in [4.78, 5) is 16.7. The van der Waals surface area contributed by atoms with Crippen LogP contribution >= 0.6 is 24.8 Å². The highest BCUT2D eigenvalue weighted by Crippen LogP contribution is 2.15. The molecule has 8 heteroatoms. The average Bonchev–Trinajstić information content (AvgIpc) is 2.48. The largest absolute Gasteiger partial charge is 0.392 e. The highest BCUT2D eigenvalue weighted by Gasteiger charge is 2.30. The molecule has 2 saturated heterocycles. The number of morpholine rings is 1. The lowest BCUT2D eigenvalue weighted by atomic mass is 10.1. The van der Waals surface area contributed by atoms with E-state index < -0.39 is 0 Å². The van der Waals surface area contributed by atoms with Gasteiger partial charge in [-0.3, -0.25) is 9.69 Å². The maximum Gasteiger partial charge on any atom is 0.224 e. The first-order chi connectivity index (χ1) is 10.1. The van der Waals surface area contributed by atoms with Crippen molar-refractivity contribution in [3.05, 3.63) is 0 Å². The van der Waals surface area contributed by atoms with Gasteiger partial charge in [0.1, 0.15) is 0 Å². The minimum absolute atomic E-state index is 0. The SMILES string of the molecule is CCC1CN(C(=O)CC2COCCN2)CCN1CC(C)O.Cl.Cl. The number of hydrogen-bond donors (Lipinski definition) is 2. The molecular formula is C15H31Cl2N3O3. The fraction of sp³-hybridized carbons (Fsp3) is 0.933. The maximum atomic E-state index is 12.4.